The minimum atomic E-state index is -2.60. The zero-order valence-corrected chi connectivity index (χ0v) is 7.59. The number of hydrogen-bond donors (Lipinski definition) is 0. The Bertz CT molecular complexity index is 136. The molecule has 0 N–H and O–H groups in total. The van der Waals surface area contributed by atoms with E-state index in [1.54, 1.807) is 0 Å². The molecular formula is C9H16F2O. The van der Waals surface area contributed by atoms with Gasteiger partial charge < -0.3 is 4.74 Å². The lowest BCUT2D eigenvalue weighted by Gasteiger charge is -2.22. The van der Waals surface area contributed by atoms with Gasteiger partial charge in [0.05, 0.1) is 6.10 Å². The minimum Gasteiger partial charge on any atom is -0.319 e. The van der Waals surface area contributed by atoms with Crippen LogP contribution in [0.15, 0.2) is 0 Å². The summed E-state index contributed by atoms with van der Waals surface area (Å²) in [6.07, 6.45) is 2.66. The molecule has 72 valence electrons. The SMILES string of the molecule is CC(C)C1CCCC1OC(F)F. The van der Waals surface area contributed by atoms with Crippen molar-refractivity contribution >= 4 is 0 Å². The normalized spacial score (nSPS) is 30.5. The first-order chi connectivity index (χ1) is 5.61. The summed E-state index contributed by atoms with van der Waals surface area (Å²) in [4.78, 5) is 0. The van der Waals surface area contributed by atoms with E-state index in [0.29, 0.717) is 11.8 Å². The summed E-state index contributed by atoms with van der Waals surface area (Å²) in [6, 6.07) is 0. The van der Waals surface area contributed by atoms with Crippen LogP contribution >= 0.6 is 0 Å². The van der Waals surface area contributed by atoms with Crippen LogP contribution in [-0.4, -0.2) is 12.7 Å². The van der Waals surface area contributed by atoms with E-state index in [9.17, 15) is 8.78 Å². The van der Waals surface area contributed by atoms with Gasteiger partial charge in [0, 0.05) is 0 Å². The van der Waals surface area contributed by atoms with Crippen molar-refractivity contribution in [1.82, 2.24) is 0 Å². The number of hydrogen-bond acceptors (Lipinski definition) is 1. The molecule has 2 atom stereocenters. The summed E-state index contributed by atoms with van der Waals surface area (Å²) in [5.41, 5.74) is 0. The van der Waals surface area contributed by atoms with Crippen LogP contribution in [0, 0.1) is 11.8 Å². The summed E-state index contributed by atoms with van der Waals surface area (Å²) in [5, 5.41) is 0. The zero-order chi connectivity index (χ0) is 9.14. The zero-order valence-electron chi connectivity index (χ0n) is 7.59. The Morgan fingerprint density at radius 3 is 2.42 bits per heavy atom. The van der Waals surface area contributed by atoms with Gasteiger partial charge in [0.2, 0.25) is 0 Å². The fourth-order valence-corrected chi connectivity index (χ4v) is 2.02. The molecule has 0 aromatic rings. The molecule has 3 heteroatoms. The maximum Gasteiger partial charge on any atom is 0.345 e. The highest BCUT2D eigenvalue weighted by molar-refractivity contribution is 4.80. The average Bonchev–Trinajstić information content (AvgIpc) is 2.33. The third-order valence-corrected chi connectivity index (χ3v) is 2.64. The van der Waals surface area contributed by atoms with Gasteiger partial charge in [0.1, 0.15) is 0 Å². The van der Waals surface area contributed by atoms with Crippen molar-refractivity contribution < 1.29 is 13.5 Å². The predicted molar refractivity (Wildman–Crippen MR) is 43.1 cm³/mol. The first-order valence-electron chi connectivity index (χ1n) is 4.55. The lowest BCUT2D eigenvalue weighted by molar-refractivity contribution is -0.174. The van der Waals surface area contributed by atoms with Crippen LogP contribution in [0.5, 0.6) is 0 Å². The maximum absolute atomic E-state index is 11.9. The van der Waals surface area contributed by atoms with Crippen LogP contribution in [0.2, 0.25) is 0 Å². The van der Waals surface area contributed by atoms with Crippen molar-refractivity contribution in [2.24, 2.45) is 11.8 Å². The lowest BCUT2D eigenvalue weighted by Crippen LogP contribution is -2.24. The Hall–Kier alpha value is -0.180. The van der Waals surface area contributed by atoms with Crippen LogP contribution in [0.3, 0.4) is 0 Å². The number of rotatable bonds is 3. The summed E-state index contributed by atoms with van der Waals surface area (Å²) in [5.74, 6) is 0.787. The number of halogens is 2. The van der Waals surface area contributed by atoms with Gasteiger partial charge in [-0.25, -0.2) is 0 Å². The van der Waals surface area contributed by atoms with E-state index in [0.717, 1.165) is 19.3 Å². The fourth-order valence-electron chi connectivity index (χ4n) is 2.02. The van der Waals surface area contributed by atoms with Gasteiger partial charge in [-0.1, -0.05) is 20.3 Å². The quantitative estimate of drug-likeness (QED) is 0.645. The van der Waals surface area contributed by atoms with Gasteiger partial charge in [-0.2, -0.15) is 8.78 Å². The second-order valence-corrected chi connectivity index (χ2v) is 3.77. The summed E-state index contributed by atoms with van der Waals surface area (Å²) >= 11 is 0. The van der Waals surface area contributed by atoms with Crippen LogP contribution in [0.1, 0.15) is 33.1 Å². The number of alkyl halides is 2. The molecule has 0 aromatic carbocycles. The molecule has 0 aliphatic heterocycles. The topological polar surface area (TPSA) is 9.23 Å². The molecule has 0 amide bonds. The van der Waals surface area contributed by atoms with Crippen LogP contribution in [0.25, 0.3) is 0 Å². The van der Waals surface area contributed by atoms with Gasteiger partial charge in [0.15, 0.2) is 0 Å². The molecule has 1 saturated carbocycles. The maximum atomic E-state index is 11.9. The molecule has 0 saturated heterocycles. The third-order valence-electron chi connectivity index (χ3n) is 2.64. The molecule has 2 unspecified atom stereocenters. The highest BCUT2D eigenvalue weighted by Gasteiger charge is 2.32. The van der Waals surface area contributed by atoms with Crippen molar-refractivity contribution in [3.8, 4) is 0 Å². The highest BCUT2D eigenvalue weighted by atomic mass is 19.3. The minimum absolute atomic E-state index is 0.204. The average molecular weight is 178 g/mol. The standard InChI is InChI=1S/C9H16F2O/c1-6(2)7-4-3-5-8(7)12-9(10)11/h6-9H,3-5H2,1-2H3. The van der Waals surface area contributed by atoms with Gasteiger partial charge in [0.25, 0.3) is 0 Å². The first-order valence-corrected chi connectivity index (χ1v) is 4.55. The smallest absolute Gasteiger partial charge is 0.319 e. The van der Waals surface area contributed by atoms with Crippen molar-refractivity contribution in [2.45, 2.75) is 45.8 Å². The molecule has 0 spiro atoms. The molecular weight excluding hydrogens is 162 g/mol. The van der Waals surface area contributed by atoms with Crippen molar-refractivity contribution in [3.05, 3.63) is 0 Å². The van der Waals surface area contributed by atoms with E-state index < -0.39 is 6.61 Å². The molecule has 1 nitrogen and oxygen atoms in total. The Morgan fingerprint density at radius 2 is 1.92 bits per heavy atom. The van der Waals surface area contributed by atoms with Crippen LogP contribution in [0.4, 0.5) is 8.78 Å². The van der Waals surface area contributed by atoms with Gasteiger partial charge >= 0.3 is 6.61 Å². The van der Waals surface area contributed by atoms with E-state index >= 15 is 0 Å². The molecule has 0 aromatic heterocycles. The molecule has 0 heterocycles. The Labute approximate surface area is 72.1 Å². The summed E-state index contributed by atoms with van der Waals surface area (Å²) < 4.78 is 28.4. The molecule has 0 bridgehead atoms. The third kappa shape index (κ3) is 2.41. The second kappa shape index (κ2) is 4.17. The first kappa shape index (κ1) is 9.90. The van der Waals surface area contributed by atoms with E-state index in [1.807, 2.05) is 0 Å². The Balaban J connectivity index is 2.41. The fraction of sp³-hybridized carbons (Fsp3) is 1.00. The van der Waals surface area contributed by atoms with Gasteiger partial charge in [-0.15, -0.1) is 0 Å². The predicted octanol–water partition coefficient (Wildman–Crippen LogP) is 3.05. The van der Waals surface area contributed by atoms with E-state index in [-0.39, 0.29) is 6.10 Å². The monoisotopic (exact) mass is 178 g/mol. The largest absolute Gasteiger partial charge is 0.345 e. The Kier molecular flexibility index (Phi) is 3.44. The Morgan fingerprint density at radius 1 is 1.25 bits per heavy atom. The molecule has 1 rings (SSSR count). The van der Waals surface area contributed by atoms with Crippen molar-refractivity contribution in [1.29, 1.82) is 0 Å². The summed E-state index contributed by atoms with van der Waals surface area (Å²) in [7, 11) is 0. The van der Waals surface area contributed by atoms with E-state index in [4.69, 9.17) is 0 Å². The molecule has 0 radical (unpaired) electrons. The summed E-state index contributed by atoms with van der Waals surface area (Å²) in [6.45, 7) is 1.53. The van der Waals surface area contributed by atoms with E-state index in [2.05, 4.69) is 18.6 Å². The lowest BCUT2D eigenvalue weighted by atomic mass is 9.93. The number of ether oxygens (including phenoxy) is 1. The second-order valence-electron chi connectivity index (χ2n) is 3.77. The molecule has 1 fully saturated rings. The highest BCUT2D eigenvalue weighted by Crippen LogP contribution is 2.34. The van der Waals surface area contributed by atoms with Crippen LogP contribution < -0.4 is 0 Å². The van der Waals surface area contributed by atoms with Crippen LogP contribution in [-0.2, 0) is 4.74 Å². The molecule has 1 aliphatic rings. The van der Waals surface area contributed by atoms with Crippen molar-refractivity contribution in [2.75, 3.05) is 0 Å². The van der Waals surface area contributed by atoms with Crippen molar-refractivity contribution in [3.63, 3.8) is 0 Å². The molecule has 1 aliphatic carbocycles. The van der Waals surface area contributed by atoms with E-state index in [1.165, 1.54) is 0 Å². The molecule has 12 heavy (non-hydrogen) atoms. The van der Waals surface area contributed by atoms with Gasteiger partial charge in [-0.3, -0.25) is 0 Å². The van der Waals surface area contributed by atoms with Gasteiger partial charge in [-0.05, 0) is 24.7 Å².